The van der Waals surface area contributed by atoms with Crippen LogP contribution in [0.4, 0.5) is 16.2 Å². The van der Waals surface area contributed by atoms with Crippen LogP contribution in [0.3, 0.4) is 0 Å². The van der Waals surface area contributed by atoms with Gasteiger partial charge in [0.2, 0.25) is 5.91 Å². The lowest BCUT2D eigenvalue weighted by atomic mass is 9.79. The first-order chi connectivity index (χ1) is 23.4. The summed E-state index contributed by atoms with van der Waals surface area (Å²) in [4.78, 5) is 69.6. The zero-order valence-corrected chi connectivity index (χ0v) is 28.1. The molecule has 15 nitrogen and oxygen atoms in total. The largest absolute Gasteiger partial charge is 0.456 e. The predicted octanol–water partition coefficient (Wildman–Crippen LogP) is 4.27. The summed E-state index contributed by atoms with van der Waals surface area (Å²) in [5.41, 5.74) is 1.07. The van der Waals surface area contributed by atoms with Gasteiger partial charge in [0.15, 0.2) is 0 Å². The second-order valence-corrected chi connectivity index (χ2v) is 14.6. The minimum atomic E-state index is -0.924. The van der Waals surface area contributed by atoms with Crippen LogP contribution in [-0.4, -0.2) is 90.0 Å². The molecule has 0 aliphatic carbocycles. The molecule has 258 valence electrons. The van der Waals surface area contributed by atoms with Crippen LogP contribution < -0.4 is 0 Å². The number of esters is 1. The first-order valence-electron chi connectivity index (χ1n) is 15.6. The number of likely N-dealkylation sites (tertiary alicyclic amines) is 1. The number of amides is 2. The molecular weight excluding hydrogens is 679 g/mol. The number of rotatable bonds is 11. The third-order valence-corrected chi connectivity index (χ3v) is 11.6. The Morgan fingerprint density at radius 1 is 1.04 bits per heavy atom. The molecule has 0 spiro atoms. The van der Waals surface area contributed by atoms with Crippen LogP contribution in [-0.2, 0) is 32.3 Å². The number of hydrogen-bond donors (Lipinski definition) is 1. The number of hydrogen-bond acceptors (Lipinski definition) is 13. The highest BCUT2D eigenvalue weighted by Crippen LogP contribution is 2.52. The van der Waals surface area contributed by atoms with E-state index in [1.807, 2.05) is 6.92 Å². The van der Waals surface area contributed by atoms with Gasteiger partial charge in [-0.1, -0.05) is 6.92 Å². The fourth-order valence-electron chi connectivity index (χ4n) is 6.59. The Kier molecular flexibility index (Phi) is 9.94. The predicted molar refractivity (Wildman–Crippen MR) is 179 cm³/mol. The highest BCUT2D eigenvalue weighted by molar-refractivity contribution is 8.14. The van der Waals surface area contributed by atoms with Crippen molar-refractivity contribution in [1.82, 2.24) is 9.80 Å². The molecule has 6 rings (SSSR count). The highest BCUT2D eigenvalue weighted by atomic mass is 32.2. The summed E-state index contributed by atoms with van der Waals surface area (Å²) in [7, 11) is 0. The van der Waals surface area contributed by atoms with Crippen molar-refractivity contribution < 1.29 is 38.8 Å². The van der Waals surface area contributed by atoms with Crippen molar-refractivity contribution in [3.05, 3.63) is 90.5 Å². The lowest BCUT2D eigenvalue weighted by molar-refractivity contribution is -0.385. The second-order valence-electron chi connectivity index (χ2n) is 12.2. The molecule has 2 fully saturated rings. The summed E-state index contributed by atoms with van der Waals surface area (Å²) < 4.78 is 11.3. The number of ether oxygens (including phenoxy) is 2. The fraction of sp³-hybridized carbons (Fsp3) is 0.438. The number of carbonyl (C=O) groups is 3. The van der Waals surface area contributed by atoms with E-state index in [9.17, 15) is 39.7 Å². The number of nitro groups is 2. The van der Waals surface area contributed by atoms with Crippen molar-refractivity contribution in [2.45, 2.75) is 56.9 Å². The average molecular weight is 712 g/mol. The molecule has 6 atom stereocenters. The highest BCUT2D eigenvalue weighted by Gasteiger charge is 2.60. The molecule has 17 heteroatoms. The number of β-lactam (4-membered cyclic amide) rings is 1. The first-order valence-corrected chi connectivity index (χ1v) is 17.5. The summed E-state index contributed by atoms with van der Waals surface area (Å²) in [6.45, 7) is 4.10. The zero-order valence-electron chi connectivity index (χ0n) is 26.5. The number of benzene rings is 2. The van der Waals surface area contributed by atoms with Gasteiger partial charge in [0.1, 0.15) is 18.9 Å². The fourth-order valence-corrected chi connectivity index (χ4v) is 9.10. The van der Waals surface area contributed by atoms with E-state index in [0.29, 0.717) is 29.0 Å². The molecule has 1 N–H and O–H groups in total. The van der Waals surface area contributed by atoms with E-state index >= 15 is 0 Å². The maximum atomic E-state index is 13.7. The number of carbonyl (C=O) groups excluding carboxylic acids is 3. The Morgan fingerprint density at radius 2 is 1.63 bits per heavy atom. The van der Waals surface area contributed by atoms with Crippen LogP contribution in [0.1, 0.15) is 31.4 Å². The van der Waals surface area contributed by atoms with Gasteiger partial charge in [-0.05, 0) is 48.7 Å². The number of non-ortho nitro benzene ring substituents is 2. The van der Waals surface area contributed by atoms with Gasteiger partial charge in [0, 0.05) is 59.2 Å². The van der Waals surface area contributed by atoms with E-state index < -0.39 is 40.0 Å². The van der Waals surface area contributed by atoms with E-state index in [-0.39, 0.29) is 59.9 Å². The van der Waals surface area contributed by atoms with Crippen molar-refractivity contribution in [2.24, 2.45) is 16.8 Å². The quantitative estimate of drug-likeness (QED) is 0.151. The number of aliphatic hydroxyl groups is 1. The smallest absolute Gasteiger partial charge is 0.410 e. The summed E-state index contributed by atoms with van der Waals surface area (Å²) in [6, 6.07) is 10.6. The SMILES string of the molecule is C[C@@H](O)[C@H]1C(=O)N2C(C(=O)OCc3ccc([N+](=O)[O-])cc3)=C(S[C@H]3C[C@@H](C4=NCCS4)N(C(=O)OCc4ccc([N+](=O)[O-])cc4)C3)[C@H](C)[C@H]12. The molecular formula is C32H33N5O10S2. The monoisotopic (exact) mass is 711 g/mol. The second kappa shape index (κ2) is 14.2. The molecule has 2 aromatic carbocycles. The van der Waals surface area contributed by atoms with Gasteiger partial charge >= 0.3 is 12.1 Å². The summed E-state index contributed by atoms with van der Waals surface area (Å²) in [5, 5.41) is 33.0. The van der Waals surface area contributed by atoms with E-state index in [0.717, 1.165) is 10.8 Å². The summed E-state index contributed by atoms with van der Waals surface area (Å²) in [6.07, 6.45) is -0.971. The van der Waals surface area contributed by atoms with Crippen LogP contribution in [0.15, 0.2) is 64.1 Å². The van der Waals surface area contributed by atoms with Crippen molar-refractivity contribution >= 4 is 57.9 Å². The molecule has 0 saturated carbocycles. The van der Waals surface area contributed by atoms with Crippen molar-refractivity contribution in [3.8, 4) is 0 Å². The Hall–Kier alpha value is -4.48. The lowest BCUT2D eigenvalue weighted by Gasteiger charge is -2.46. The van der Waals surface area contributed by atoms with E-state index in [2.05, 4.69) is 4.99 Å². The normalized spacial score (nSPS) is 25.1. The van der Waals surface area contributed by atoms with Gasteiger partial charge in [-0.2, -0.15) is 0 Å². The van der Waals surface area contributed by atoms with Gasteiger partial charge in [0.05, 0.1) is 39.0 Å². The molecule has 0 aromatic heterocycles. The van der Waals surface area contributed by atoms with Gasteiger partial charge in [-0.3, -0.25) is 34.9 Å². The van der Waals surface area contributed by atoms with Crippen LogP contribution in [0.2, 0.25) is 0 Å². The summed E-state index contributed by atoms with van der Waals surface area (Å²) >= 11 is 2.98. The Bertz CT molecular complexity index is 1730. The topological polar surface area (TPSA) is 195 Å². The lowest BCUT2D eigenvalue weighted by Crippen LogP contribution is -2.63. The van der Waals surface area contributed by atoms with Crippen LogP contribution in [0.25, 0.3) is 0 Å². The molecule has 2 aromatic rings. The third-order valence-electron chi connectivity index (χ3n) is 9.01. The molecule has 49 heavy (non-hydrogen) atoms. The summed E-state index contributed by atoms with van der Waals surface area (Å²) in [5.74, 6) is -1.29. The van der Waals surface area contributed by atoms with E-state index in [1.54, 1.807) is 23.6 Å². The number of fused-ring (bicyclic) bond motifs is 1. The standard InChI is InChI=1S/C32H33N5O10S2/c1-17-26-25(18(2)38)30(39)35(26)27(31(40)46-15-19-3-7-21(8-4-19)36(42)43)28(17)49-23-13-24(29-33-11-12-48-29)34(14-23)32(41)47-16-20-5-9-22(10-6-20)37(44)45/h3-10,17-18,23-26,38H,11-16H2,1-2H3/t17-,18-,23+,24+,25-,26-/m1/s1. The molecule has 4 aliphatic rings. The molecule has 2 amide bonds. The average Bonchev–Trinajstić information content (AvgIpc) is 3.81. The van der Waals surface area contributed by atoms with Crippen molar-refractivity contribution in [1.29, 1.82) is 0 Å². The number of thioether (sulfide) groups is 2. The number of nitrogens with zero attached hydrogens (tertiary/aromatic N) is 5. The van der Waals surface area contributed by atoms with Gasteiger partial charge in [0.25, 0.3) is 11.4 Å². The minimum absolute atomic E-state index is 0.0675. The first kappa shape index (κ1) is 34.4. The Morgan fingerprint density at radius 3 is 2.16 bits per heavy atom. The molecule has 0 bridgehead atoms. The maximum absolute atomic E-state index is 13.7. The Balaban J connectivity index is 1.20. The van der Waals surface area contributed by atoms with Gasteiger partial charge in [-0.25, -0.2) is 9.59 Å². The van der Waals surface area contributed by atoms with Crippen LogP contribution in [0, 0.1) is 32.1 Å². The molecule has 4 aliphatic heterocycles. The van der Waals surface area contributed by atoms with E-state index in [4.69, 9.17) is 9.47 Å². The van der Waals surface area contributed by atoms with Crippen LogP contribution in [0.5, 0.6) is 0 Å². The number of aliphatic imine (C=N–C) groups is 1. The molecule has 2 saturated heterocycles. The maximum Gasteiger partial charge on any atom is 0.410 e. The molecule has 0 radical (unpaired) electrons. The Labute approximate surface area is 289 Å². The molecule has 0 unspecified atom stereocenters. The van der Waals surface area contributed by atoms with Gasteiger partial charge in [-0.15, -0.1) is 23.5 Å². The van der Waals surface area contributed by atoms with Crippen LogP contribution >= 0.6 is 23.5 Å². The van der Waals surface area contributed by atoms with Crippen molar-refractivity contribution in [3.63, 3.8) is 0 Å². The molecule has 4 heterocycles. The van der Waals surface area contributed by atoms with E-state index in [1.165, 1.54) is 65.2 Å². The number of nitro benzene ring substituents is 2. The number of aliphatic hydroxyl groups excluding tert-OH is 1. The zero-order chi connectivity index (χ0) is 35.0. The van der Waals surface area contributed by atoms with Gasteiger partial charge < -0.3 is 19.5 Å². The minimum Gasteiger partial charge on any atom is -0.456 e. The van der Waals surface area contributed by atoms with Crippen molar-refractivity contribution in [2.75, 3.05) is 18.8 Å². The third kappa shape index (κ3) is 6.87.